The van der Waals surface area contributed by atoms with Crippen molar-refractivity contribution in [1.82, 2.24) is 5.16 Å². The van der Waals surface area contributed by atoms with Crippen LogP contribution in [0, 0.1) is 6.92 Å². The zero-order valence-corrected chi connectivity index (χ0v) is 9.93. The summed E-state index contributed by atoms with van der Waals surface area (Å²) in [5.74, 6) is 0.989. The molecule has 0 saturated carbocycles. The van der Waals surface area contributed by atoms with Gasteiger partial charge in [0, 0.05) is 10.9 Å². The van der Waals surface area contributed by atoms with Gasteiger partial charge in [-0.25, -0.2) is 0 Å². The van der Waals surface area contributed by atoms with Crippen molar-refractivity contribution in [3.63, 3.8) is 0 Å². The van der Waals surface area contributed by atoms with Crippen molar-refractivity contribution in [3.05, 3.63) is 33.7 Å². The lowest BCUT2D eigenvalue weighted by molar-refractivity contribution is 0.102. The first-order valence-corrected chi connectivity index (χ1v) is 5.84. The molecule has 5 heteroatoms. The van der Waals surface area contributed by atoms with Crippen LogP contribution in [-0.2, 0) is 6.42 Å². The van der Waals surface area contributed by atoms with Crippen molar-refractivity contribution in [2.24, 2.45) is 0 Å². The molecule has 2 rings (SSSR count). The molecule has 2 aromatic rings. The monoisotopic (exact) mass is 236 g/mol. The number of anilines is 1. The number of hydrogen-bond donors (Lipinski definition) is 1. The van der Waals surface area contributed by atoms with Crippen molar-refractivity contribution in [2.45, 2.75) is 20.3 Å². The molecule has 2 heterocycles. The molecule has 16 heavy (non-hydrogen) atoms. The maximum absolute atomic E-state index is 11.8. The molecule has 0 spiro atoms. The van der Waals surface area contributed by atoms with E-state index in [2.05, 4.69) is 17.4 Å². The summed E-state index contributed by atoms with van der Waals surface area (Å²) >= 11 is 1.50. The molecule has 0 bridgehead atoms. The van der Waals surface area contributed by atoms with Crippen molar-refractivity contribution in [1.29, 1.82) is 0 Å². The quantitative estimate of drug-likeness (QED) is 0.891. The van der Waals surface area contributed by atoms with Crippen LogP contribution in [0.4, 0.5) is 5.82 Å². The average Bonchev–Trinajstić information content (AvgIpc) is 2.87. The second-order valence-electron chi connectivity index (χ2n) is 3.40. The zero-order chi connectivity index (χ0) is 11.5. The summed E-state index contributed by atoms with van der Waals surface area (Å²) < 4.78 is 4.87. The van der Waals surface area contributed by atoms with Gasteiger partial charge in [-0.2, -0.15) is 0 Å². The highest BCUT2D eigenvalue weighted by Crippen LogP contribution is 2.18. The summed E-state index contributed by atoms with van der Waals surface area (Å²) in [5.41, 5.74) is 0. The van der Waals surface area contributed by atoms with Crippen LogP contribution in [-0.4, -0.2) is 11.1 Å². The average molecular weight is 236 g/mol. The van der Waals surface area contributed by atoms with E-state index in [1.807, 2.05) is 12.1 Å². The summed E-state index contributed by atoms with van der Waals surface area (Å²) in [6.07, 6.45) is 0.945. The zero-order valence-electron chi connectivity index (χ0n) is 9.11. The molecule has 4 nitrogen and oxygen atoms in total. The molecule has 0 atom stereocenters. The predicted molar refractivity (Wildman–Crippen MR) is 62.9 cm³/mol. The van der Waals surface area contributed by atoms with Gasteiger partial charge < -0.3 is 9.84 Å². The Bertz CT molecular complexity index is 502. The third-order valence-corrected chi connectivity index (χ3v) is 3.33. The number of carbonyl (C=O) groups is 1. The van der Waals surface area contributed by atoms with Gasteiger partial charge in [-0.15, -0.1) is 11.3 Å². The Kier molecular flexibility index (Phi) is 3.05. The number of hydrogen-bond acceptors (Lipinski definition) is 4. The normalized spacial score (nSPS) is 10.4. The molecule has 2 aromatic heterocycles. The molecular weight excluding hydrogens is 224 g/mol. The van der Waals surface area contributed by atoms with E-state index >= 15 is 0 Å². The van der Waals surface area contributed by atoms with Gasteiger partial charge in [0.1, 0.15) is 5.76 Å². The number of amides is 1. The van der Waals surface area contributed by atoms with Crippen LogP contribution in [0.25, 0.3) is 0 Å². The van der Waals surface area contributed by atoms with E-state index in [4.69, 9.17) is 4.52 Å². The lowest BCUT2D eigenvalue weighted by Crippen LogP contribution is -2.10. The molecule has 1 amide bonds. The molecular formula is C11H12N2O2S. The highest BCUT2D eigenvalue weighted by atomic mass is 32.1. The molecule has 0 aromatic carbocycles. The minimum absolute atomic E-state index is 0.141. The number of nitrogens with one attached hydrogen (secondary N) is 1. The van der Waals surface area contributed by atoms with Crippen LogP contribution in [0.5, 0.6) is 0 Å². The first-order chi connectivity index (χ1) is 7.69. The van der Waals surface area contributed by atoms with Gasteiger partial charge in [0.15, 0.2) is 5.82 Å². The van der Waals surface area contributed by atoms with Crippen molar-refractivity contribution < 1.29 is 9.32 Å². The second-order valence-corrected chi connectivity index (χ2v) is 4.56. The Balaban J connectivity index is 2.08. The topological polar surface area (TPSA) is 55.1 Å². The van der Waals surface area contributed by atoms with Crippen LogP contribution in [0.15, 0.2) is 22.7 Å². The fourth-order valence-electron chi connectivity index (χ4n) is 1.29. The van der Waals surface area contributed by atoms with Gasteiger partial charge in [-0.05, 0) is 25.5 Å². The molecule has 0 aliphatic carbocycles. The van der Waals surface area contributed by atoms with Crippen LogP contribution in [0.2, 0.25) is 0 Å². The Morgan fingerprint density at radius 1 is 1.56 bits per heavy atom. The van der Waals surface area contributed by atoms with Crippen molar-refractivity contribution in [2.75, 3.05) is 5.32 Å². The van der Waals surface area contributed by atoms with Crippen molar-refractivity contribution in [3.8, 4) is 0 Å². The SMILES string of the molecule is CCc1ccc(C(=O)Nc2cc(C)on2)s1. The summed E-state index contributed by atoms with van der Waals surface area (Å²) in [7, 11) is 0. The molecule has 84 valence electrons. The fourth-order valence-corrected chi connectivity index (χ4v) is 2.14. The van der Waals surface area contributed by atoms with E-state index in [1.54, 1.807) is 13.0 Å². The van der Waals surface area contributed by atoms with E-state index in [0.717, 1.165) is 6.42 Å². The molecule has 0 aliphatic heterocycles. The number of rotatable bonds is 3. The number of nitrogens with zero attached hydrogens (tertiary/aromatic N) is 1. The smallest absolute Gasteiger partial charge is 0.266 e. The first-order valence-electron chi connectivity index (χ1n) is 5.02. The number of thiophene rings is 1. The Labute approximate surface area is 97.3 Å². The minimum atomic E-state index is -0.141. The molecule has 1 N–H and O–H groups in total. The van der Waals surface area contributed by atoms with E-state index in [-0.39, 0.29) is 5.91 Å². The second kappa shape index (κ2) is 4.49. The standard InChI is InChI=1S/C11H12N2O2S/c1-3-8-4-5-9(16-8)11(14)12-10-6-7(2)15-13-10/h4-6H,3H2,1-2H3,(H,12,13,14). The van der Waals surface area contributed by atoms with E-state index in [0.29, 0.717) is 16.5 Å². The minimum Gasteiger partial charge on any atom is -0.360 e. The number of aryl methyl sites for hydroxylation is 2. The van der Waals surface area contributed by atoms with Gasteiger partial charge in [-0.1, -0.05) is 12.1 Å². The number of carbonyl (C=O) groups excluding carboxylic acids is 1. The van der Waals surface area contributed by atoms with Crippen LogP contribution >= 0.6 is 11.3 Å². The maximum Gasteiger partial charge on any atom is 0.266 e. The summed E-state index contributed by atoms with van der Waals surface area (Å²) in [4.78, 5) is 13.7. The lowest BCUT2D eigenvalue weighted by Gasteiger charge is -1.96. The Morgan fingerprint density at radius 2 is 2.38 bits per heavy atom. The maximum atomic E-state index is 11.8. The van der Waals surface area contributed by atoms with Gasteiger partial charge in [0.05, 0.1) is 4.88 Å². The van der Waals surface area contributed by atoms with Gasteiger partial charge in [-0.3, -0.25) is 4.79 Å². The third-order valence-electron chi connectivity index (χ3n) is 2.10. The van der Waals surface area contributed by atoms with E-state index in [9.17, 15) is 4.79 Å². The Hall–Kier alpha value is -1.62. The molecule has 0 aliphatic rings. The molecule has 0 fully saturated rings. The molecule has 0 unspecified atom stereocenters. The highest BCUT2D eigenvalue weighted by Gasteiger charge is 2.10. The van der Waals surface area contributed by atoms with Gasteiger partial charge in [0.2, 0.25) is 0 Å². The molecule has 0 saturated heterocycles. The van der Waals surface area contributed by atoms with Crippen LogP contribution in [0.1, 0.15) is 27.2 Å². The summed E-state index contributed by atoms with van der Waals surface area (Å²) in [6.45, 7) is 3.84. The van der Waals surface area contributed by atoms with E-state index < -0.39 is 0 Å². The van der Waals surface area contributed by atoms with Gasteiger partial charge >= 0.3 is 0 Å². The largest absolute Gasteiger partial charge is 0.360 e. The number of aromatic nitrogens is 1. The fraction of sp³-hybridized carbons (Fsp3) is 0.273. The highest BCUT2D eigenvalue weighted by molar-refractivity contribution is 7.14. The van der Waals surface area contributed by atoms with E-state index in [1.165, 1.54) is 16.2 Å². The first kappa shape index (κ1) is 10.9. The van der Waals surface area contributed by atoms with Crippen molar-refractivity contribution >= 4 is 23.1 Å². The predicted octanol–water partition coefficient (Wildman–Crippen LogP) is 2.86. The van der Waals surface area contributed by atoms with Crippen LogP contribution in [0.3, 0.4) is 0 Å². The van der Waals surface area contributed by atoms with Gasteiger partial charge in [0.25, 0.3) is 5.91 Å². The summed E-state index contributed by atoms with van der Waals surface area (Å²) in [5, 5.41) is 6.39. The lowest BCUT2D eigenvalue weighted by atomic mass is 10.3. The Morgan fingerprint density at radius 3 is 2.94 bits per heavy atom. The van der Waals surface area contributed by atoms with Crippen LogP contribution < -0.4 is 5.32 Å². The third kappa shape index (κ3) is 2.30. The summed E-state index contributed by atoms with van der Waals surface area (Å²) in [6, 6.07) is 5.48. The molecule has 0 radical (unpaired) electrons.